The first-order chi connectivity index (χ1) is 10.7. The number of aliphatic carboxylic acids is 1. The molecule has 0 aliphatic carbocycles. The number of hydrogen-bond acceptors (Lipinski definition) is 5. The van der Waals surface area contributed by atoms with Gasteiger partial charge in [0.05, 0.1) is 6.21 Å². The van der Waals surface area contributed by atoms with Crippen LogP contribution in [0.4, 0.5) is 0 Å². The third kappa shape index (κ3) is 4.41. The molecule has 0 fully saturated rings. The van der Waals surface area contributed by atoms with Crippen molar-refractivity contribution < 1.29 is 19.4 Å². The standard InChI is InChI=1S/C15H13N3O4/c19-14(20)10-22-13-4-2-1-3-12(13)9-17-18-15(21)11-5-7-16-8-6-11/h1-9H,10H2,(H,18,21)(H,19,20). The normalized spacial score (nSPS) is 10.4. The van der Waals surface area contributed by atoms with E-state index in [9.17, 15) is 9.59 Å². The Kier molecular flexibility index (Phi) is 5.20. The van der Waals surface area contributed by atoms with Gasteiger partial charge < -0.3 is 9.84 Å². The van der Waals surface area contributed by atoms with Gasteiger partial charge in [0.15, 0.2) is 6.61 Å². The van der Waals surface area contributed by atoms with E-state index in [0.29, 0.717) is 16.9 Å². The number of aromatic nitrogens is 1. The molecule has 0 atom stereocenters. The van der Waals surface area contributed by atoms with Crippen molar-refractivity contribution >= 4 is 18.1 Å². The number of pyridine rings is 1. The molecule has 1 aromatic heterocycles. The van der Waals surface area contributed by atoms with Gasteiger partial charge in [0.1, 0.15) is 5.75 Å². The molecule has 1 heterocycles. The second-order valence-corrected chi connectivity index (χ2v) is 4.16. The van der Waals surface area contributed by atoms with Crippen molar-refractivity contribution in [2.75, 3.05) is 6.61 Å². The summed E-state index contributed by atoms with van der Waals surface area (Å²) in [4.78, 5) is 26.1. The van der Waals surface area contributed by atoms with Crippen LogP contribution in [0.2, 0.25) is 0 Å². The van der Waals surface area contributed by atoms with E-state index in [1.807, 2.05) is 0 Å². The molecule has 0 aliphatic rings. The van der Waals surface area contributed by atoms with Crippen LogP contribution in [0.1, 0.15) is 15.9 Å². The summed E-state index contributed by atoms with van der Waals surface area (Å²) < 4.78 is 5.13. The first kappa shape index (κ1) is 15.2. The molecule has 7 heteroatoms. The zero-order valence-corrected chi connectivity index (χ0v) is 11.5. The Morgan fingerprint density at radius 3 is 2.68 bits per heavy atom. The topological polar surface area (TPSA) is 101 Å². The van der Waals surface area contributed by atoms with Crippen LogP contribution in [0, 0.1) is 0 Å². The number of nitrogens with one attached hydrogen (secondary N) is 1. The van der Waals surface area contributed by atoms with E-state index >= 15 is 0 Å². The second-order valence-electron chi connectivity index (χ2n) is 4.16. The van der Waals surface area contributed by atoms with Gasteiger partial charge in [-0.2, -0.15) is 5.10 Å². The van der Waals surface area contributed by atoms with Gasteiger partial charge in [0.25, 0.3) is 5.91 Å². The molecule has 2 aromatic rings. The highest BCUT2D eigenvalue weighted by Gasteiger charge is 2.05. The lowest BCUT2D eigenvalue weighted by molar-refractivity contribution is -0.139. The first-order valence-electron chi connectivity index (χ1n) is 6.34. The largest absolute Gasteiger partial charge is 0.481 e. The highest BCUT2D eigenvalue weighted by Crippen LogP contribution is 2.15. The molecule has 0 radical (unpaired) electrons. The summed E-state index contributed by atoms with van der Waals surface area (Å²) >= 11 is 0. The average Bonchev–Trinajstić information content (AvgIpc) is 2.54. The number of rotatable bonds is 6. The van der Waals surface area contributed by atoms with Crippen LogP contribution in [0.15, 0.2) is 53.9 Å². The Bertz CT molecular complexity index is 686. The van der Waals surface area contributed by atoms with E-state index in [1.165, 1.54) is 18.6 Å². The van der Waals surface area contributed by atoms with Gasteiger partial charge in [-0.15, -0.1) is 0 Å². The number of nitrogens with zero attached hydrogens (tertiary/aromatic N) is 2. The molecule has 1 aromatic carbocycles. The summed E-state index contributed by atoms with van der Waals surface area (Å²) in [5, 5.41) is 12.5. The maximum absolute atomic E-state index is 11.8. The minimum absolute atomic E-state index is 0.367. The first-order valence-corrected chi connectivity index (χ1v) is 6.34. The molecule has 22 heavy (non-hydrogen) atoms. The summed E-state index contributed by atoms with van der Waals surface area (Å²) in [7, 11) is 0. The number of amides is 1. The third-order valence-corrected chi connectivity index (χ3v) is 2.58. The zero-order valence-electron chi connectivity index (χ0n) is 11.5. The summed E-state index contributed by atoms with van der Waals surface area (Å²) in [5.41, 5.74) is 3.36. The van der Waals surface area contributed by atoms with Crippen molar-refractivity contribution in [3.8, 4) is 5.75 Å². The fourth-order valence-electron chi connectivity index (χ4n) is 1.59. The molecule has 0 aliphatic heterocycles. The minimum atomic E-state index is -1.07. The van der Waals surface area contributed by atoms with Crippen LogP contribution in [-0.2, 0) is 4.79 Å². The quantitative estimate of drug-likeness (QED) is 0.618. The molecular weight excluding hydrogens is 286 g/mol. The Labute approximate surface area is 126 Å². The van der Waals surface area contributed by atoms with E-state index in [4.69, 9.17) is 9.84 Å². The lowest BCUT2D eigenvalue weighted by Gasteiger charge is -2.06. The van der Waals surface area contributed by atoms with E-state index in [2.05, 4.69) is 15.5 Å². The van der Waals surface area contributed by atoms with Crippen LogP contribution < -0.4 is 10.2 Å². The molecule has 0 spiro atoms. The van der Waals surface area contributed by atoms with Crippen molar-refractivity contribution in [3.05, 3.63) is 59.9 Å². The van der Waals surface area contributed by atoms with Crippen molar-refractivity contribution in [2.45, 2.75) is 0 Å². The molecule has 0 saturated carbocycles. The number of carboxylic acid groups (broad SMARTS) is 1. The summed E-state index contributed by atoms with van der Waals surface area (Å²) in [6.07, 6.45) is 4.40. The fourth-order valence-corrected chi connectivity index (χ4v) is 1.59. The van der Waals surface area contributed by atoms with Gasteiger partial charge in [0, 0.05) is 23.5 Å². The predicted octanol–water partition coefficient (Wildman–Crippen LogP) is 1.31. The Hall–Kier alpha value is -3.22. The summed E-state index contributed by atoms with van der Waals surface area (Å²) in [5.74, 6) is -1.08. The number of benzene rings is 1. The number of carbonyl (C=O) groups is 2. The number of carboxylic acids is 1. The van der Waals surface area contributed by atoms with Gasteiger partial charge in [-0.1, -0.05) is 12.1 Å². The molecule has 1 amide bonds. The number of hydrazone groups is 1. The highest BCUT2D eigenvalue weighted by molar-refractivity contribution is 5.94. The molecule has 0 bridgehead atoms. The molecule has 0 unspecified atom stereocenters. The number of para-hydroxylation sites is 1. The van der Waals surface area contributed by atoms with Crippen LogP contribution in [-0.4, -0.2) is 34.8 Å². The number of hydrogen-bond donors (Lipinski definition) is 2. The zero-order chi connectivity index (χ0) is 15.8. The minimum Gasteiger partial charge on any atom is -0.481 e. The van der Waals surface area contributed by atoms with Crippen molar-refractivity contribution in [2.24, 2.45) is 5.10 Å². The van der Waals surface area contributed by atoms with Crippen LogP contribution >= 0.6 is 0 Å². The van der Waals surface area contributed by atoms with Crippen LogP contribution in [0.25, 0.3) is 0 Å². The van der Waals surface area contributed by atoms with E-state index in [1.54, 1.807) is 36.4 Å². The molecule has 2 rings (SSSR count). The maximum atomic E-state index is 11.8. The van der Waals surface area contributed by atoms with Gasteiger partial charge in [0.2, 0.25) is 0 Å². The third-order valence-electron chi connectivity index (χ3n) is 2.58. The van der Waals surface area contributed by atoms with Crippen molar-refractivity contribution in [1.82, 2.24) is 10.4 Å². The molecule has 2 N–H and O–H groups in total. The van der Waals surface area contributed by atoms with E-state index < -0.39 is 12.6 Å². The summed E-state index contributed by atoms with van der Waals surface area (Å²) in [6, 6.07) is 9.90. The molecule has 7 nitrogen and oxygen atoms in total. The van der Waals surface area contributed by atoms with Gasteiger partial charge in [-0.3, -0.25) is 9.78 Å². The Morgan fingerprint density at radius 2 is 1.95 bits per heavy atom. The van der Waals surface area contributed by atoms with Gasteiger partial charge in [-0.05, 0) is 24.3 Å². The highest BCUT2D eigenvalue weighted by atomic mass is 16.5. The van der Waals surface area contributed by atoms with E-state index in [-0.39, 0.29) is 5.91 Å². The lowest BCUT2D eigenvalue weighted by Crippen LogP contribution is -2.17. The smallest absolute Gasteiger partial charge is 0.341 e. The monoisotopic (exact) mass is 299 g/mol. The number of ether oxygens (including phenoxy) is 1. The number of carbonyl (C=O) groups excluding carboxylic acids is 1. The molecule has 112 valence electrons. The molecular formula is C15H13N3O4. The Balaban J connectivity index is 2.01. The van der Waals surface area contributed by atoms with Crippen LogP contribution in [0.5, 0.6) is 5.75 Å². The fraction of sp³-hybridized carbons (Fsp3) is 0.0667. The van der Waals surface area contributed by atoms with Gasteiger partial charge >= 0.3 is 5.97 Å². The SMILES string of the molecule is O=C(O)COc1ccccc1C=NNC(=O)c1ccncc1. The second kappa shape index (κ2) is 7.53. The van der Waals surface area contributed by atoms with Crippen molar-refractivity contribution in [3.63, 3.8) is 0 Å². The lowest BCUT2D eigenvalue weighted by atomic mass is 10.2. The maximum Gasteiger partial charge on any atom is 0.341 e. The predicted molar refractivity (Wildman–Crippen MR) is 78.9 cm³/mol. The van der Waals surface area contributed by atoms with Gasteiger partial charge in [-0.25, -0.2) is 10.2 Å². The average molecular weight is 299 g/mol. The van der Waals surface area contributed by atoms with E-state index in [0.717, 1.165) is 0 Å². The van der Waals surface area contributed by atoms with Crippen molar-refractivity contribution in [1.29, 1.82) is 0 Å². The Morgan fingerprint density at radius 1 is 1.23 bits per heavy atom. The summed E-state index contributed by atoms with van der Waals surface area (Å²) in [6.45, 7) is -0.450. The van der Waals surface area contributed by atoms with Crippen LogP contribution in [0.3, 0.4) is 0 Å². The molecule has 0 saturated heterocycles.